The van der Waals surface area contributed by atoms with Gasteiger partial charge in [-0.15, -0.1) is 0 Å². The Bertz CT molecular complexity index is 744. The lowest BCUT2D eigenvalue weighted by molar-refractivity contribution is 0.120. The Morgan fingerprint density at radius 1 is 1.09 bits per heavy atom. The Morgan fingerprint density at radius 3 is 2.59 bits per heavy atom. The third-order valence-corrected chi connectivity index (χ3v) is 5.48. The van der Waals surface area contributed by atoms with Crippen molar-refractivity contribution < 1.29 is 4.74 Å². The third kappa shape index (κ3) is 2.19. The van der Waals surface area contributed by atoms with Crippen molar-refractivity contribution in [3.63, 3.8) is 0 Å². The Morgan fingerprint density at radius 2 is 1.82 bits per heavy atom. The first-order chi connectivity index (χ1) is 10.5. The molecule has 2 aromatic carbocycles. The van der Waals surface area contributed by atoms with Gasteiger partial charge in [0.1, 0.15) is 5.75 Å². The Hall–Kier alpha value is -1.00. The molecule has 2 aliphatic heterocycles. The SMILES string of the molecule is CC(C)C1Oc2cc(Br)ccc2C2Cc3cc(Br)ccc3N21. The predicted molar refractivity (Wildman–Crippen MR) is 96.5 cm³/mol. The molecule has 2 aromatic rings. The van der Waals surface area contributed by atoms with Gasteiger partial charge in [0.15, 0.2) is 6.23 Å². The van der Waals surface area contributed by atoms with Crippen LogP contribution >= 0.6 is 31.9 Å². The van der Waals surface area contributed by atoms with Gasteiger partial charge in [-0.2, -0.15) is 0 Å². The van der Waals surface area contributed by atoms with E-state index in [-0.39, 0.29) is 6.23 Å². The fraction of sp³-hybridized carbons (Fsp3) is 0.333. The molecular weight excluding hydrogens is 406 g/mol. The zero-order valence-electron chi connectivity index (χ0n) is 12.5. The van der Waals surface area contributed by atoms with E-state index in [0.29, 0.717) is 12.0 Å². The normalized spacial score (nSPS) is 22.1. The van der Waals surface area contributed by atoms with E-state index in [1.165, 1.54) is 16.8 Å². The maximum absolute atomic E-state index is 6.36. The molecule has 4 rings (SSSR count). The second kappa shape index (κ2) is 5.27. The first kappa shape index (κ1) is 14.6. The topological polar surface area (TPSA) is 12.5 Å². The number of nitrogens with zero attached hydrogens (tertiary/aromatic N) is 1. The van der Waals surface area contributed by atoms with E-state index in [9.17, 15) is 0 Å². The van der Waals surface area contributed by atoms with Gasteiger partial charge >= 0.3 is 0 Å². The van der Waals surface area contributed by atoms with E-state index in [1.807, 2.05) is 0 Å². The summed E-state index contributed by atoms with van der Waals surface area (Å²) in [5, 5.41) is 0. The highest BCUT2D eigenvalue weighted by Crippen LogP contribution is 2.49. The molecule has 2 aliphatic rings. The van der Waals surface area contributed by atoms with Crippen LogP contribution in [0, 0.1) is 5.92 Å². The number of halogens is 2. The van der Waals surface area contributed by atoms with Crippen LogP contribution in [0.5, 0.6) is 5.75 Å². The van der Waals surface area contributed by atoms with Crippen molar-refractivity contribution in [3.05, 3.63) is 56.5 Å². The zero-order chi connectivity index (χ0) is 15.4. The number of hydrogen-bond donors (Lipinski definition) is 0. The molecule has 2 atom stereocenters. The maximum atomic E-state index is 6.36. The summed E-state index contributed by atoms with van der Waals surface area (Å²) in [4.78, 5) is 2.46. The summed E-state index contributed by atoms with van der Waals surface area (Å²) in [6, 6.07) is 13.3. The first-order valence-electron chi connectivity index (χ1n) is 7.57. The number of fused-ring (bicyclic) bond motifs is 5. The second-order valence-corrected chi connectivity index (χ2v) is 8.17. The highest BCUT2D eigenvalue weighted by Gasteiger charge is 2.42. The fourth-order valence-corrected chi connectivity index (χ4v) is 4.30. The molecule has 114 valence electrons. The zero-order valence-corrected chi connectivity index (χ0v) is 15.7. The molecule has 0 fully saturated rings. The minimum atomic E-state index is 0.0780. The van der Waals surface area contributed by atoms with Crippen LogP contribution in [0.1, 0.15) is 31.0 Å². The average Bonchev–Trinajstić information content (AvgIpc) is 2.84. The van der Waals surface area contributed by atoms with Crippen molar-refractivity contribution in [2.24, 2.45) is 5.92 Å². The molecule has 2 nitrogen and oxygen atoms in total. The predicted octanol–water partition coefficient (Wildman–Crippen LogP) is 5.69. The number of rotatable bonds is 1. The van der Waals surface area contributed by atoms with E-state index in [4.69, 9.17) is 4.74 Å². The fourth-order valence-electron chi connectivity index (χ4n) is 3.55. The van der Waals surface area contributed by atoms with E-state index in [2.05, 4.69) is 87.0 Å². The van der Waals surface area contributed by atoms with Crippen molar-refractivity contribution >= 4 is 37.5 Å². The Kier molecular flexibility index (Phi) is 3.50. The third-order valence-electron chi connectivity index (χ3n) is 4.50. The molecule has 0 aromatic heterocycles. The molecule has 0 saturated heterocycles. The first-order valence-corrected chi connectivity index (χ1v) is 9.16. The molecule has 0 spiro atoms. The molecule has 0 amide bonds. The molecule has 22 heavy (non-hydrogen) atoms. The summed E-state index contributed by atoms with van der Waals surface area (Å²) in [6.45, 7) is 4.45. The molecular formula is C18H17Br2NO. The quantitative estimate of drug-likeness (QED) is 0.585. The summed E-state index contributed by atoms with van der Waals surface area (Å²) < 4.78 is 8.57. The van der Waals surface area contributed by atoms with Crippen LogP contribution in [-0.4, -0.2) is 6.23 Å². The van der Waals surface area contributed by atoms with E-state index >= 15 is 0 Å². The highest BCUT2D eigenvalue weighted by molar-refractivity contribution is 9.10. The van der Waals surface area contributed by atoms with E-state index in [1.54, 1.807) is 0 Å². The lowest BCUT2D eigenvalue weighted by atomic mass is 9.98. The second-order valence-electron chi connectivity index (χ2n) is 6.33. The average molecular weight is 423 g/mol. The molecule has 2 heterocycles. The van der Waals surface area contributed by atoms with Gasteiger partial charge in [-0.1, -0.05) is 51.8 Å². The van der Waals surface area contributed by atoms with Crippen molar-refractivity contribution in [2.75, 3.05) is 4.90 Å². The lowest BCUT2D eigenvalue weighted by Gasteiger charge is -2.42. The molecule has 4 heteroatoms. The van der Waals surface area contributed by atoms with Gasteiger partial charge in [-0.3, -0.25) is 0 Å². The highest BCUT2D eigenvalue weighted by atomic mass is 79.9. The molecule has 0 saturated carbocycles. The number of hydrogen-bond acceptors (Lipinski definition) is 2. The lowest BCUT2D eigenvalue weighted by Crippen LogP contribution is -2.47. The van der Waals surface area contributed by atoms with Crippen LogP contribution in [0.4, 0.5) is 5.69 Å². The van der Waals surface area contributed by atoms with Gasteiger partial charge in [0.25, 0.3) is 0 Å². The standard InChI is InChI=1S/C18H17Br2NO/c1-10(2)18-21-15-6-4-12(19)7-11(15)8-16(21)14-5-3-13(20)9-17(14)22-18/h3-7,9-10,16,18H,8H2,1-2H3. The van der Waals surface area contributed by atoms with Crippen molar-refractivity contribution in [1.82, 2.24) is 0 Å². The molecule has 0 radical (unpaired) electrons. The van der Waals surface area contributed by atoms with Crippen molar-refractivity contribution in [1.29, 1.82) is 0 Å². The van der Waals surface area contributed by atoms with Crippen molar-refractivity contribution in [2.45, 2.75) is 32.5 Å². The monoisotopic (exact) mass is 421 g/mol. The molecule has 0 N–H and O–H groups in total. The molecule has 0 bridgehead atoms. The number of ether oxygens (including phenoxy) is 1. The molecule has 0 aliphatic carbocycles. The van der Waals surface area contributed by atoms with Gasteiger partial charge < -0.3 is 9.64 Å². The van der Waals surface area contributed by atoms with Gasteiger partial charge in [0.2, 0.25) is 0 Å². The minimum Gasteiger partial charge on any atom is -0.470 e. The maximum Gasteiger partial charge on any atom is 0.175 e. The van der Waals surface area contributed by atoms with Crippen LogP contribution in [-0.2, 0) is 6.42 Å². The van der Waals surface area contributed by atoms with Crippen LogP contribution in [0.25, 0.3) is 0 Å². The van der Waals surface area contributed by atoms with Gasteiger partial charge in [-0.25, -0.2) is 0 Å². The van der Waals surface area contributed by atoms with E-state index in [0.717, 1.165) is 21.1 Å². The summed E-state index contributed by atoms with van der Waals surface area (Å²) in [5.41, 5.74) is 3.98. The summed E-state index contributed by atoms with van der Waals surface area (Å²) >= 11 is 7.15. The summed E-state index contributed by atoms with van der Waals surface area (Å²) in [6.07, 6.45) is 1.12. The van der Waals surface area contributed by atoms with Crippen LogP contribution in [0.15, 0.2) is 45.3 Å². The number of benzene rings is 2. The van der Waals surface area contributed by atoms with Crippen LogP contribution in [0.2, 0.25) is 0 Å². The van der Waals surface area contributed by atoms with E-state index < -0.39 is 0 Å². The van der Waals surface area contributed by atoms with Crippen molar-refractivity contribution in [3.8, 4) is 5.75 Å². The summed E-state index contributed by atoms with van der Waals surface area (Å²) in [7, 11) is 0. The number of anilines is 1. The van der Waals surface area contributed by atoms with Gasteiger partial charge in [0, 0.05) is 26.1 Å². The minimum absolute atomic E-state index is 0.0780. The van der Waals surface area contributed by atoms with Crippen LogP contribution < -0.4 is 9.64 Å². The van der Waals surface area contributed by atoms with Crippen LogP contribution in [0.3, 0.4) is 0 Å². The molecule has 2 unspecified atom stereocenters. The van der Waals surface area contributed by atoms with Gasteiger partial charge in [0.05, 0.1) is 6.04 Å². The largest absolute Gasteiger partial charge is 0.470 e. The Balaban J connectivity index is 1.87. The smallest absolute Gasteiger partial charge is 0.175 e. The van der Waals surface area contributed by atoms with Gasteiger partial charge in [-0.05, 0) is 42.3 Å². The summed E-state index contributed by atoms with van der Waals surface area (Å²) in [5.74, 6) is 1.44. The Labute approximate surface area is 147 Å².